The Balaban J connectivity index is 1.81. The van der Waals surface area contributed by atoms with Crippen LogP contribution in [0.25, 0.3) is 0 Å². The maximum atomic E-state index is 14.4. The summed E-state index contributed by atoms with van der Waals surface area (Å²) in [5, 5.41) is 5.48. The summed E-state index contributed by atoms with van der Waals surface area (Å²) in [4.78, 5) is 28.8. The molecule has 3 atom stereocenters. The van der Waals surface area contributed by atoms with Gasteiger partial charge < -0.3 is 20.5 Å². The molecule has 1 fully saturated rings. The normalized spacial score (nSPS) is 20.5. The van der Waals surface area contributed by atoms with Crippen molar-refractivity contribution in [2.45, 2.75) is 38.0 Å². The Labute approximate surface area is 176 Å². The lowest BCUT2D eigenvalue weighted by Crippen LogP contribution is -2.46. The molecule has 1 aromatic carbocycles. The molecule has 168 valence electrons. The number of hydrogen-bond acceptors (Lipinski definition) is 4. The Kier molecular flexibility index (Phi) is 6.99. The number of benzene rings is 1. The summed E-state index contributed by atoms with van der Waals surface area (Å²) in [7, 11) is 1.80. The Morgan fingerprint density at radius 3 is 2.68 bits per heavy atom. The monoisotopic (exact) mass is 440 g/mol. The zero-order chi connectivity index (χ0) is 22.7. The molecule has 1 aromatic heterocycles. The van der Waals surface area contributed by atoms with Crippen LogP contribution in [-0.4, -0.2) is 48.1 Å². The summed E-state index contributed by atoms with van der Waals surface area (Å²) >= 11 is 0. The Bertz CT molecular complexity index is 998. The zero-order valence-corrected chi connectivity index (χ0v) is 17.1. The van der Waals surface area contributed by atoms with Gasteiger partial charge in [-0.25, -0.2) is 17.6 Å². The highest BCUT2D eigenvalue weighted by Gasteiger charge is 2.29. The minimum Gasteiger partial charge on any atom is -0.378 e. The predicted molar refractivity (Wildman–Crippen MR) is 109 cm³/mol. The van der Waals surface area contributed by atoms with Crippen molar-refractivity contribution in [2.24, 2.45) is 0 Å². The number of piperidine rings is 1. The van der Waals surface area contributed by atoms with Gasteiger partial charge in [0.2, 0.25) is 5.56 Å². The third-order valence-corrected chi connectivity index (χ3v) is 5.36. The number of aromatic amines is 1. The molecule has 6 nitrogen and oxygen atoms in total. The third kappa shape index (κ3) is 5.25. The second-order valence-electron chi connectivity index (χ2n) is 7.69. The lowest BCUT2D eigenvalue weighted by Gasteiger charge is -2.33. The Hall–Kier alpha value is -2.88. The first-order valence-corrected chi connectivity index (χ1v) is 9.86. The van der Waals surface area contributed by atoms with E-state index in [1.807, 2.05) is 4.90 Å². The van der Waals surface area contributed by atoms with E-state index in [9.17, 15) is 27.2 Å². The van der Waals surface area contributed by atoms with Crippen molar-refractivity contribution in [1.29, 1.82) is 0 Å². The topological polar surface area (TPSA) is 77.2 Å². The molecule has 0 spiro atoms. The van der Waals surface area contributed by atoms with Crippen LogP contribution in [0, 0.1) is 5.82 Å². The molecule has 3 N–H and O–H groups in total. The number of halogens is 4. The van der Waals surface area contributed by atoms with Crippen molar-refractivity contribution in [3.63, 3.8) is 0 Å². The highest BCUT2D eigenvalue weighted by molar-refractivity contribution is 5.99. The van der Waals surface area contributed by atoms with E-state index in [-0.39, 0.29) is 23.4 Å². The van der Waals surface area contributed by atoms with Gasteiger partial charge in [0, 0.05) is 30.9 Å². The zero-order valence-electron chi connectivity index (χ0n) is 17.1. The number of rotatable bonds is 6. The molecule has 2 aromatic rings. The molecule has 31 heavy (non-hydrogen) atoms. The van der Waals surface area contributed by atoms with Gasteiger partial charge >= 0.3 is 0 Å². The van der Waals surface area contributed by atoms with Crippen molar-refractivity contribution in [2.75, 3.05) is 25.5 Å². The predicted octanol–water partition coefficient (Wildman–Crippen LogP) is 3.40. The molecule has 0 aliphatic carbocycles. The number of nitrogens with zero attached hydrogens (tertiary/aromatic N) is 1. The molecular weight excluding hydrogens is 416 g/mol. The Morgan fingerprint density at radius 1 is 1.29 bits per heavy atom. The van der Waals surface area contributed by atoms with E-state index in [1.54, 1.807) is 7.05 Å². The fourth-order valence-electron chi connectivity index (χ4n) is 3.62. The molecule has 0 unspecified atom stereocenters. The van der Waals surface area contributed by atoms with Crippen LogP contribution < -0.4 is 16.2 Å². The van der Waals surface area contributed by atoms with Crippen molar-refractivity contribution >= 4 is 11.6 Å². The smallest absolute Gasteiger partial charge is 0.266 e. The quantitative estimate of drug-likeness (QED) is 0.602. The van der Waals surface area contributed by atoms with Crippen molar-refractivity contribution in [3.8, 4) is 0 Å². The number of amides is 1. The Morgan fingerprint density at radius 2 is 2.00 bits per heavy atom. The molecule has 3 rings (SSSR count). The van der Waals surface area contributed by atoms with E-state index in [0.717, 1.165) is 12.1 Å². The summed E-state index contributed by atoms with van der Waals surface area (Å²) in [5.74, 6) is -1.76. The first kappa shape index (κ1) is 22.8. The van der Waals surface area contributed by atoms with Crippen LogP contribution in [-0.2, 0) is 0 Å². The van der Waals surface area contributed by atoms with E-state index in [0.29, 0.717) is 13.0 Å². The molecule has 0 bridgehead atoms. The molecule has 2 heterocycles. The number of carbonyl (C=O) groups is 1. The molecule has 1 aliphatic heterocycles. The number of carbonyl (C=O) groups excluding carboxylic acids is 1. The molecule has 1 saturated heterocycles. The van der Waals surface area contributed by atoms with Crippen molar-refractivity contribution in [3.05, 3.63) is 63.3 Å². The van der Waals surface area contributed by atoms with Gasteiger partial charge in [-0.3, -0.25) is 9.59 Å². The van der Waals surface area contributed by atoms with Gasteiger partial charge in [0.15, 0.2) is 0 Å². The van der Waals surface area contributed by atoms with E-state index < -0.39 is 47.5 Å². The number of aromatic nitrogens is 1. The average Bonchev–Trinajstić information content (AvgIpc) is 2.70. The summed E-state index contributed by atoms with van der Waals surface area (Å²) in [6.45, 7) is 2.33. The summed E-state index contributed by atoms with van der Waals surface area (Å²) in [5.41, 5.74) is -1.15. The number of nitrogens with one attached hydrogen (secondary N) is 3. The molecule has 1 aliphatic rings. The van der Waals surface area contributed by atoms with E-state index in [1.165, 1.54) is 25.3 Å². The van der Waals surface area contributed by atoms with E-state index in [2.05, 4.69) is 15.6 Å². The van der Waals surface area contributed by atoms with Crippen LogP contribution in [0.3, 0.4) is 0 Å². The van der Waals surface area contributed by atoms with Crippen LogP contribution in [0.15, 0.2) is 35.3 Å². The molecule has 0 radical (unpaired) electrons. The summed E-state index contributed by atoms with van der Waals surface area (Å²) < 4.78 is 54.7. The molecule has 0 saturated carbocycles. The fraction of sp³-hybridized carbons (Fsp3) is 0.429. The van der Waals surface area contributed by atoms with Gasteiger partial charge in [-0.1, -0.05) is 18.2 Å². The maximum absolute atomic E-state index is 14.4. The second-order valence-corrected chi connectivity index (χ2v) is 7.69. The van der Waals surface area contributed by atoms with Gasteiger partial charge in [-0.2, -0.15) is 0 Å². The van der Waals surface area contributed by atoms with Crippen LogP contribution >= 0.6 is 0 Å². The highest BCUT2D eigenvalue weighted by atomic mass is 19.3. The average molecular weight is 440 g/mol. The number of hydrogen-bond donors (Lipinski definition) is 3. The minimum absolute atomic E-state index is 0.0306. The first-order chi connectivity index (χ1) is 14.7. The minimum atomic E-state index is -2.99. The van der Waals surface area contributed by atoms with Crippen LogP contribution in [0.2, 0.25) is 0 Å². The second kappa shape index (κ2) is 9.51. The van der Waals surface area contributed by atoms with Gasteiger partial charge in [0.05, 0.1) is 28.9 Å². The van der Waals surface area contributed by atoms with Gasteiger partial charge in [0.1, 0.15) is 12.0 Å². The lowest BCUT2D eigenvalue weighted by atomic mass is 10.0. The highest BCUT2D eigenvalue weighted by Crippen LogP contribution is 2.28. The maximum Gasteiger partial charge on any atom is 0.266 e. The van der Waals surface area contributed by atoms with Gasteiger partial charge in [-0.05, 0) is 20.4 Å². The number of anilines is 1. The number of alkyl halides is 3. The molecule has 10 heteroatoms. The van der Waals surface area contributed by atoms with Gasteiger partial charge in [0.25, 0.3) is 12.3 Å². The fourth-order valence-corrected chi connectivity index (χ4v) is 3.62. The standard InChI is InChI=1S/C21H24F4N4O2/c1-11(12-4-3-5-13(19(12)23)20(24)25)27-21(31)14-9-26-18(30)8-17(14)28-16-6-7-29(2)10-15(16)22/h3-5,8-9,11,15-16,20H,6-7,10H2,1-2H3,(H,27,31)(H2,26,28,30)/t11-,15-,16+/m1/s1. The van der Waals surface area contributed by atoms with Crippen LogP contribution in [0.5, 0.6) is 0 Å². The number of H-pyrrole nitrogens is 1. The number of pyridine rings is 1. The number of likely N-dealkylation sites (tertiary alicyclic amines) is 1. The first-order valence-electron chi connectivity index (χ1n) is 9.86. The SMILES string of the molecule is C[C@@H](NC(=O)c1c[nH]c(=O)cc1N[C@H]1CCN(C)C[C@H]1F)c1cccc(C(F)F)c1F. The molecule has 1 amide bonds. The summed E-state index contributed by atoms with van der Waals surface area (Å²) in [6.07, 6.45) is -2.52. The van der Waals surface area contributed by atoms with Crippen LogP contribution in [0.4, 0.5) is 23.2 Å². The largest absolute Gasteiger partial charge is 0.378 e. The van der Waals surface area contributed by atoms with E-state index in [4.69, 9.17) is 0 Å². The van der Waals surface area contributed by atoms with Crippen LogP contribution in [0.1, 0.15) is 47.3 Å². The van der Waals surface area contributed by atoms with Crippen molar-refractivity contribution < 1.29 is 22.4 Å². The van der Waals surface area contributed by atoms with Crippen molar-refractivity contribution in [1.82, 2.24) is 15.2 Å². The third-order valence-electron chi connectivity index (χ3n) is 5.36. The summed E-state index contributed by atoms with van der Waals surface area (Å²) in [6, 6.07) is 3.23. The van der Waals surface area contributed by atoms with E-state index >= 15 is 0 Å². The molecular formula is C21H24F4N4O2. The lowest BCUT2D eigenvalue weighted by molar-refractivity contribution is 0.0939. The van der Waals surface area contributed by atoms with Gasteiger partial charge in [-0.15, -0.1) is 0 Å².